The highest BCUT2D eigenvalue weighted by atomic mass is 16.6. The Morgan fingerprint density at radius 1 is 0.917 bits per heavy atom. The SMILES string of the molecule is CC(C)(C)OC(=O)N[C@@H](CCCCNC(=O)OCc1ccccc1)C(=O)Oc1ccc(C(=O)O)cc1. The first kappa shape index (κ1) is 28.2. The lowest BCUT2D eigenvalue weighted by Crippen LogP contribution is -2.45. The van der Waals surface area contributed by atoms with Crippen molar-refractivity contribution in [2.75, 3.05) is 6.54 Å². The number of carboxylic acids is 1. The maximum Gasteiger partial charge on any atom is 0.408 e. The van der Waals surface area contributed by atoms with Crippen LogP contribution < -0.4 is 15.4 Å². The number of carbonyl (C=O) groups excluding carboxylic acids is 3. The predicted octanol–water partition coefficient (Wildman–Crippen LogP) is 4.28. The van der Waals surface area contributed by atoms with Crippen molar-refractivity contribution in [3.8, 4) is 5.75 Å². The van der Waals surface area contributed by atoms with E-state index in [4.69, 9.17) is 19.3 Å². The minimum Gasteiger partial charge on any atom is -0.478 e. The van der Waals surface area contributed by atoms with E-state index in [1.807, 2.05) is 30.3 Å². The molecule has 0 saturated carbocycles. The van der Waals surface area contributed by atoms with Crippen molar-refractivity contribution in [3.63, 3.8) is 0 Å². The molecule has 0 heterocycles. The van der Waals surface area contributed by atoms with Gasteiger partial charge in [-0.3, -0.25) is 0 Å². The number of nitrogens with one attached hydrogen (secondary N) is 2. The summed E-state index contributed by atoms with van der Waals surface area (Å²) in [5, 5.41) is 14.2. The van der Waals surface area contributed by atoms with Gasteiger partial charge in [-0.2, -0.15) is 0 Å². The van der Waals surface area contributed by atoms with E-state index in [-0.39, 0.29) is 24.3 Å². The number of alkyl carbamates (subject to hydrolysis) is 2. The Kier molecular flexibility index (Phi) is 10.7. The molecule has 0 bridgehead atoms. The summed E-state index contributed by atoms with van der Waals surface area (Å²) >= 11 is 0. The topological polar surface area (TPSA) is 140 Å². The standard InChI is InChI=1S/C26H32N2O8/c1-26(2,3)36-25(33)28-21(23(31)35-20-14-12-19(13-15-20)22(29)30)11-7-8-16-27-24(32)34-17-18-9-5-4-6-10-18/h4-6,9-10,12-15,21H,7-8,11,16-17H2,1-3H3,(H,27,32)(H,28,33)(H,29,30)/t21-/m0/s1. The third-order valence-electron chi connectivity index (χ3n) is 4.70. The molecule has 0 aliphatic carbocycles. The van der Waals surface area contributed by atoms with Gasteiger partial charge >= 0.3 is 24.1 Å². The molecule has 36 heavy (non-hydrogen) atoms. The predicted molar refractivity (Wildman–Crippen MR) is 131 cm³/mol. The van der Waals surface area contributed by atoms with Gasteiger partial charge in [-0.05, 0) is 69.9 Å². The summed E-state index contributed by atoms with van der Waals surface area (Å²) in [4.78, 5) is 47.8. The summed E-state index contributed by atoms with van der Waals surface area (Å²) in [5.74, 6) is -1.68. The molecule has 0 fully saturated rings. The molecule has 3 N–H and O–H groups in total. The smallest absolute Gasteiger partial charge is 0.408 e. The van der Waals surface area contributed by atoms with E-state index in [1.165, 1.54) is 24.3 Å². The number of hydrogen-bond donors (Lipinski definition) is 3. The Hall–Kier alpha value is -4.08. The molecule has 0 aliphatic heterocycles. The Morgan fingerprint density at radius 2 is 1.58 bits per heavy atom. The van der Waals surface area contributed by atoms with E-state index in [0.717, 1.165) is 5.56 Å². The van der Waals surface area contributed by atoms with E-state index < -0.39 is 35.8 Å². The van der Waals surface area contributed by atoms with Crippen LogP contribution in [0.3, 0.4) is 0 Å². The second kappa shape index (κ2) is 13.7. The molecule has 10 heteroatoms. The number of benzene rings is 2. The zero-order valence-electron chi connectivity index (χ0n) is 20.6. The first-order chi connectivity index (χ1) is 17.0. The molecule has 0 aromatic heterocycles. The maximum atomic E-state index is 12.7. The average molecular weight is 501 g/mol. The third-order valence-corrected chi connectivity index (χ3v) is 4.70. The van der Waals surface area contributed by atoms with Gasteiger partial charge in [-0.1, -0.05) is 30.3 Å². The van der Waals surface area contributed by atoms with Crippen LogP contribution >= 0.6 is 0 Å². The minimum absolute atomic E-state index is 0.0491. The van der Waals surface area contributed by atoms with Gasteiger partial charge in [0, 0.05) is 6.54 Å². The number of rotatable bonds is 11. The summed E-state index contributed by atoms with van der Waals surface area (Å²) in [6.45, 7) is 5.58. The molecule has 0 spiro atoms. The van der Waals surface area contributed by atoms with Crippen LogP contribution in [0.5, 0.6) is 5.75 Å². The van der Waals surface area contributed by atoms with E-state index in [0.29, 0.717) is 19.4 Å². The summed E-state index contributed by atoms with van der Waals surface area (Å²) in [5.41, 5.74) is 0.169. The lowest BCUT2D eigenvalue weighted by molar-refractivity contribution is -0.137. The molecule has 0 radical (unpaired) electrons. The van der Waals surface area contributed by atoms with Crippen LogP contribution in [0.25, 0.3) is 0 Å². The Morgan fingerprint density at radius 3 is 2.19 bits per heavy atom. The van der Waals surface area contributed by atoms with Gasteiger partial charge in [-0.25, -0.2) is 19.2 Å². The van der Waals surface area contributed by atoms with E-state index in [9.17, 15) is 19.2 Å². The molecule has 2 amide bonds. The number of carboxylic acid groups (broad SMARTS) is 1. The van der Waals surface area contributed by atoms with Gasteiger partial charge in [0.1, 0.15) is 24.0 Å². The quantitative estimate of drug-likeness (QED) is 0.236. The highest BCUT2D eigenvalue weighted by Crippen LogP contribution is 2.15. The van der Waals surface area contributed by atoms with Gasteiger partial charge in [0.2, 0.25) is 0 Å². The zero-order chi connectivity index (χ0) is 26.6. The van der Waals surface area contributed by atoms with E-state index in [2.05, 4.69) is 10.6 Å². The highest BCUT2D eigenvalue weighted by Gasteiger charge is 2.26. The van der Waals surface area contributed by atoms with Crippen molar-refractivity contribution in [1.29, 1.82) is 0 Å². The molecular formula is C26H32N2O8. The third kappa shape index (κ3) is 10.9. The normalized spacial score (nSPS) is 11.6. The Labute approximate surface area is 209 Å². The number of amides is 2. The van der Waals surface area contributed by atoms with E-state index >= 15 is 0 Å². The summed E-state index contributed by atoms with van der Waals surface area (Å²) in [6.07, 6.45) is -0.0914. The molecule has 0 unspecified atom stereocenters. The van der Waals surface area contributed by atoms with Crippen LogP contribution in [0.1, 0.15) is 56.0 Å². The fourth-order valence-corrected chi connectivity index (χ4v) is 2.99. The molecular weight excluding hydrogens is 468 g/mol. The summed E-state index contributed by atoms with van der Waals surface area (Å²) < 4.78 is 15.7. The Bertz CT molecular complexity index is 1020. The van der Waals surface area contributed by atoms with E-state index in [1.54, 1.807) is 20.8 Å². The first-order valence-electron chi connectivity index (χ1n) is 11.5. The molecule has 2 aromatic rings. The number of ether oxygens (including phenoxy) is 3. The fraction of sp³-hybridized carbons (Fsp3) is 0.385. The number of esters is 1. The van der Waals surface area contributed by atoms with Gasteiger partial charge < -0.3 is 30.0 Å². The van der Waals surface area contributed by atoms with Crippen molar-refractivity contribution in [2.45, 2.75) is 58.3 Å². The van der Waals surface area contributed by atoms with Gasteiger partial charge in [0.05, 0.1) is 5.56 Å². The molecule has 2 rings (SSSR count). The zero-order valence-corrected chi connectivity index (χ0v) is 20.6. The summed E-state index contributed by atoms with van der Waals surface area (Å²) in [6, 6.07) is 13.6. The van der Waals surface area contributed by atoms with Crippen LogP contribution in [0, 0.1) is 0 Å². The molecule has 1 atom stereocenters. The summed E-state index contributed by atoms with van der Waals surface area (Å²) in [7, 11) is 0. The number of unbranched alkanes of at least 4 members (excludes halogenated alkanes) is 1. The minimum atomic E-state index is -1.10. The van der Waals surface area contributed by atoms with Crippen LogP contribution in [0.2, 0.25) is 0 Å². The highest BCUT2D eigenvalue weighted by molar-refractivity contribution is 5.88. The second-order valence-corrected chi connectivity index (χ2v) is 8.93. The largest absolute Gasteiger partial charge is 0.478 e. The first-order valence-corrected chi connectivity index (χ1v) is 11.5. The second-order valence-electron chi connectivity index (χ2n) is 8.93. The monoisotopic (exact) mass is 500 g/mol. The molecule has 0 aliphatic rings. The van der Waals surface area contributed by atoms with Gasteiger partial charge in [0.25, 0.3) is 0 Å². The lowest BCUT2D eigenvalue weighted by Gasteiger charge is -2.23. The van der Waals surface area contributed by atoms with Crippen molar-refractivity contribution in [2.24, 2.45) is 0 Å². The average Bonchev–Trinajstić information content (AvgIpc) is 2.81. The van der Waals surface area contributed by atoms with Crippen molar-refractivity contribution < 1.29 is 38.5 Å². The molecule has 194 valence electrons. The number of carbonyl (C=O) groups is 4. The maximum absolute atomic E-state index is 12.7. The molecule has 0 saturated heterocycles. The van der Waals surface area contributed by atoms with Crippen LogP contribution in [0.15, 0.2) is 54.6 Å². The van der Waals surface area contributed by atoms with Crippen LogP contribution in [0.4, 0.5) is 9.59 Å². The van der Waals surface area contributed by atoms with Crippen molar-refractivity contribution >= 4 is 24.1 Å². The molecule has 2 aromatic carbocycles. The lowest BCUT2D eigenvalue weighted by atomic mass is 10.1. The van der Waals surface area contributed by atoms with Crippen molar-refractivity contribution in [3.05, 3.63) is 65.7 Å². The fourth-order valence-electron chi connectivity index (χ4n) is 2.99. The van der Waals surface area contributed by atoms with Crippen molar-refractivity contribution in [1.82, 2.24) is 10.6 Å². The van der Waals surface area contributed by atoms with Gasteiger partial charge in [-0.15, -0.1) is 0 Å². The van der Waals surface area contributed by atoms with Crippen LogP contribution in [-0.4, -0.2) is 47.4 Å². The molecule has 10 nitrogen and oxygen atoms in total. The Balaban J connectivity index is 1.84. The number of aromatic carboxylic acids is 1. The van der Waals surface area contributed by atoms with Crippen LogP contribution in [-0.2, 0) is 20.9 Å². The van der Waals surface area contributed by atoms with Gasteiger partial charge in [0.15, 0.2) is 0 Å². The number of hydrogen-bond acceptors (Lipinski definition) is 7.